The Morgan fingerprint density at radius 2 is 0.905 bits per heavy atom. The fourth-order valence-corrected chi connectivity index (χ4v) is 2.75. The molecule has 0 unspecified atom stereocenters. The van der Waals surface area contributed by atoms with Gasteiger partial charge < -0.3 is 6.22 Å². The van der Waals surface area contributed by atoms with Gasteiger partial charge in [-0.2, -0.15) is 0 Å². The molecule has 0 aliphatic rings. The molecule has 0 amide bonds. The summed E-state index contributed by atoms with van der Waals surface area (Å²) in [6, 6.07) is 0. The van der Waals surface area contributed by atoms with E-state index in [1.807, 2.05) is 0 Å². The van der Waals surface area contributed by atoms with Crippen molar-refractivity contribution in [1.82, 2.24) is 0 Å². The number of Topliss-reactive ketones (excluding diaryl/α,β-unsaturated/α-hetero) is 1. The quantitative estimate of drug-likeness (QED) is 0.310. The molecule has 21 heavy (non-hydrogen) atoms. The molecule has 0 rings (SSSR count). The third kappa shape index (κ3) is 23.7. The second-order valence-corrected chi connectivity index (χ2v) is 6.40. The molecule has 0 heterocycles. The van der Waals surface area contributed by atoms with Crippen LogP contribution in [0.1, 0.15) is 118 Å². The molecule has 0 aliphatic carbocycles. The number of hydrogen-bond donors (Lipinski definition) is 0. The summed E-state index contributed by atoms with van der Waals surface area (Å²) in [6.45, 7) is 3.98. The number of hydrogen-bond acceptors (Lipinski definition) is 1. The average Bonchev–Trinajstić information content (AvgIpc) is 2.43. The van der Waals surface area contributed by atoms with Crippen LogP contribution in [-0.2, 0) is 4.79 Å². The molecule has 0 aromatic rings. The van der Waals surface area contributed by atoms with Crippen molar-refractivity contribution in [1.29, 1.82) is 0 Å². The fourth-order valence-electron chi connectivity index (χ4n) is 2.75. The maximum Gasteiger partial charge on any atom is 1.00 e. The maximum absolute atomic E-state index is 10.8. The van der Waals surface area contributed by atoms with Gasteiger partial charge in [0.05, 0.1) is 0 Å². The van der Waals surface area contributed by atoms with E-state index in [4.69, 9.17) is 0 Å². The van der Waals surface area contributed by atoms with Crippen LogP contribution in [0, 0.1) is 0 Å². The molecule has 0 fully saturated rings. The molecule has 0 aromatic heterocycles. The van der Waals surface area contributed by atoms with Crippen LogP contribution in [0.15, 0.2) is 0 Å². The third-order valence-electron chi connectivity index (χ3n) is 4.13. The van der Waals surface area contributed by atoms with Crippen LogP contribution < -0.4 is 51.4 Å². The second kappa shape index (κ2) is 21.3. The first-order valence-electron chi connectivity index (χ1n) is 9.26. The smallest absolute Gasteiger partial charge is 1.00 e. The first kappa shape index (κ1) is 24.6. The number of unbranched alkanes of at least 4 members (excludes halogenated alkanes) is 14. The van der Waals surface area contributed by atoms with Crippen LogP contribution in [-0.4, -0.2) is 5.78 Å². The minimum Gasteiger partial charge on any atom is -1.00 e. The molecule has 0 atom stereocenters. The van der Waals surface area contributed by atoms with E-state index in [0.717, 1.165) is 12.8 Å². The molecule has 2 heteroatoms. The Balaban J connectivity index is -0.00000180. The van der Waals surface area contributed by atoms with Crippen LogP contribution in [0.4, 0.5) is 0 Å². The molecule has 0 radical (unpaired) electrons. The monoisotopic (exact) mass is 322 g/mol. The van der Waals surface area contributed by atoms with Crippen LogP contribution in [0.25, 0.3) is 0 Å². The van der Waals surface area contributed by atoms with Gasteiger partial charge in [0.1, 0.15) is 5.78 Å². The normalized spacial score (nSPS) is 10.4. The van der Waals surface area contributed by atoms with Gasteiger partial charge in [-0.25, -0.2) is 0 Å². The van der Waals surface area contributed by atoms with Crippen molar-refractivity contribution in [2.24, 2.45) is 0 Å². The largest absolute Gasteiger partial charge is 1.00 e. The van der Waals surface area contributed by atoms with Gasteiger partial charge in [-0.1, -0.05) is 96.8 Å². The number of rotatable bonds is 16. The van der Waals surface area contributed by atoms with E-state index >= 15 is 0 Å². The van der Waals surface area contributed by atoms with E-state index in [9.17, 15) is 4.79 Å². The first-order valence-corrected chi connectivity index (χ1v) is 9.26. The zero-order chi connectivity index (χ0) is 14.9. The van der Waals surface area contributed by atoms with Crippen molar-refractivity contribution in [2.45, 2.75) is 117 Å². The van der Waals surface area contributed by atoms with Gasteiger partial charge in [-0.05, 0) is 13.3 Å². The van der Waals surface area contributed by atoms with Gasteiger partial charge >= 0.3 is 51.4 Å². The van der Waals surface area contributed by atoms with Crippen LogP contribution in [0.5, 0.6) is 0 Å². The average molecular weight is 323 g/mol. The first-order chi connectivity index (χ1) is 9.77. The minimum atomic E-state index is 0. The summed E-state index contributed by atoms with van der Waals surface area (Å²) in [7, 11) is 0. The van der Waals surface area contributed by atoms with Crippen LogP contribution in [0.2, 0.25) is 0 Å². The van der Waals surface area contributed by atoms with Gasteiger partial charge in [-0.3, -0.25) is 0 Å². The molecular formula is C19H39KO. The molecule has 0 aromatic carbocycles. The maximum atomic E-state index is 10.8. The molecule has 0 bridgehead atoms. The van der Waals surface area contributed by atoms with Gasteiger partial charge in [0.15, 0.2) is 0 Å². The summed E-state index contributed by atoms with van der Waals surface area (Å²) in [4.78, 5) is 10.8. The van der Waals surface area contributed by atoms with Crippen LogP contribution in [0.3, 0.4) is 0 Å². The van der Waals surface area contributed by atoms with Crippen molar-refractivity contribution in [3.63, 3.8) is 0 Å². The predicted octanol–water partition coefficient (Wildman–Crippen LogP) is 3.95. The molecule has 0 N–H and O–H groups in total. The Hall–Kier alpha value is 1.31. The van der Waals surface area contributed by atoms with Crippen molar-refractivity contribution in [3.05, 3.63) is 0 Å². The van der Waals surface area contributed by atoms with Gasteiger partial charge in [-0.15, -0.1) is 0 Å². The Kier molecular flexibility index (Phi) is 24.9. The van der Waals surface area contributed by atoms with E-state index in [1.165, 1.54) is 89.9 Å². The molecule has 1 nitrogen and oxygen atoms in total. The molecule has 0 saturated carbocycles. The Morgan fingerprint density at radius 3 is 1.19 bits per heavy atom. The third-order valence-corrected chi connectivity index (χ3v) is 4.13. The Labute approximate surface area is 178 Å². The number of ketones is 1. The zero-order valence-electron chi connectivity index (χ0n) is 16.2. The van der Waals surface area contributed by atoms with E-state index in [-0.39, 0.29) is 52.8 Å². The van der Waals surface area contributed by atoms with E-state index in [2.05, 4.69) is 6.92 Å². The molecular weight excluding hydrogens is 283 g/mol. The van der Waals surface area contributed by atoms with Gasteiger partial charge in [0, 0.05) is 6.42 Å². The SMILES string of the molecule is CCCCCCCCCCCCCCCCCC(C)=O.[H-].[K+]. The summed E-state index contributed by atoms with van der Waals surface area (Å²) in [6.07, 6.45) is 21.6. The fraction of sp³-hybridized carbons (Fsp3) is 0.947. The molecule has 122 valence electrons. The van der Waals surface area contributed by atoms with Crippen molar-refractivity contribution in [2.75, 3.05) is 0 Å². The summed E-state index contributed by atoms with van der Waals surface area (Å²) in [5.41, 5.74) is 0. The zero-order valence-corrected chi connectivity index (χ0v) is 18.3. The summed E-state index contributed by atoms with van der Waals surface area (Å²) >= 11 is 0. The number of carbonyl (C=O) groups excluding carboxylic acids is 1. The standard InChI is InChI=1S/C19H38O.K.H/c1-3-4-5-6-7-8-9-10-11-12-13-14-15-16-17-18-19(2)20;;/h3-18H2,1-2H3;;/q;+1;-1. The summed E-state index contributed by atoms with van der Waals surface area (Å²) in [5.74, 6) is 0.347. The minimum absolute atomic E-state index is 0. The van der Waals surface area contributed by atoms with Crippen molar-refractivity contribution < 1.29 is 57.6 Å². The van der Waals surface area contributed by atoms with Crippen LogP contribution >= 0.6 is 0 Å². The van der Waals surface area contributed by atoms with E-state index < -0.39 is 0 Å². The molecule has 0 aliphatic heterocycles. The van der Waals surface area contributed by atoms with Gasteiger partial charge in [0.2, 0.25) is 0 Å². The van der Waals surface area contributed by atoms with Gasteiger partial charge in [0.25, 0.3) is 0 Å². The van der Waals surface area contributed by atoms with E-state index in [0.29, 0.717) is 5.78 Å². The Morgan fingerprint density at radius 1 is 0.619 bits per heavy atom. The molecule has 0 saturated heterocycles. The van der Waals surface area contributed by atoms with Crippen molar-refractivity contribution in [3.8, 4) is 0 Å². The van der Waals surface area contributed by atoms with E-state index in [1.54, 1.807) is 6.92 Å². The number of carbonyl (C=O) groups is 1. The summed E-state index contributed by atoms with van der Waals surface area (Å²) < 4.78 is 0. The topological polar surface area (TPSA) is 17.1 Å². The molecule has 0 spiro atoms. The summed E-state index contributed by atoms with van der Waals surface area (Å²) in [5, 5.41) is 0. The predicted molar refractivity (Wildman–Crippen MR) is 91.3 cm³/mol. The second-order valence-electron chi connectivity index (χ2n) is 6.40. The Bertz CT molecular complexity index is 210. The van der Waals surface area contributed by atoms with Crippen molar-refractivity contribution >= 4 is 5.78 Å².